The number of aryl methyl sites for hydroxylation is 2. The van der Waals surface area contributed by atoms with E-state index in [2.05, 4.69) is 32.0 Å². The second-order valence-corrected chi connectivity index (χ2v) is 4.54. The third-order valence-corrected chi connectivity index (χ3v) is 2.98. The molecule has 1 aromatic heterocycles. The largest absolute Gasteiger partial charge is 0.342 e. The van der Waals surface area contributed by atoms with Gasteiger partial charge in [-0.1, -0.05) is 12.2 Å². The minimum Gasteiger partial charge on any atom is -0.342 e. The van der Waals surface area contributed by atoms with Gasteiger partial charge in [0.25, 0.3) is 0 Å². The summed E-state index contributed by atoms with van der Waals surface area (Å²) >= 11 is 8.72. The molecule has 2 nitrogen and oxygen atoms in total. The number of hydrogen-bond donors (Lipinski definition) is 1. The molecule has 14 heavy (non-hydrogen) atoms. The SMILES string of the molecule is Cc1cc(Br)c2[nH]c(C)nc(=S)c2c1. The van der Waals surface area contributed by atoms with E-state index in [1.54, 1.807) is 0 Å². The highest BCUT2D eigenvalue weighted by Crippen LogP contribution is 2.24. The fourth-order valence-electron chi connectivity index (χ4n) is 1.46. The van der Waals surface area contributed by atoms with E-state index in [-0.39, 0.29) is 0 Å². The Bertz CT molecular complexity index is 560. The van der Waals surface area contributed by atoms with Gasteiger partial charge in [-0.15, -0.1) is 0 Å². The molecule has 0 amide bonds. The van der Waals surface area contributed by atoms with Crippen molar-refractivity contribution in [3.8, 4) is 0 Å². The van der Waals surface area contributed by atoms with Gasteiger partial charge in [-0.2, -0.15) is 0 Å². The van der Waals surface area contributed by atoms with E-state index in [1.165, 1.54) is 5.56 Å². The molecule has 0 saturated carbocycles. The zero-order valence-electron chi connectivity index (χ0n) is 7.89. The van der Waals surface area contributed by atoms with Crippen molar-refractivity contribution < 1.29 is 0 Å². The first-order chi connectivity index (χ1) is 6.58. The molecule has 0 spiro atoms. The van der Waals surface area contributed by atoms with Crippen LogP contribution >= 0.6 is 28.1 Å². The van der Waals surface area contributed by atoms with Crippen LogP contribution in [-0.4, -0.2) is 9.97 Å². The fraction of sp³-hybridized carbons (Fsp3) is 0.200. The maximum atomic E-state index is 5.21. The second-order valence-electron chi connectivity index (χ2n) is 3.30. The Labute approximate surface area is 95.5 Å². The number of nitrogens with zero attached hydrogens (tertiary/aromatic N) is 1. The normalized spacial score (nSPS) is 10.8. The number of H-pyrrole nitrogens is 1. The van der Waals surface area contributed by atoms with Gasteiger partial charge in [0.2, 0.25) is 0 Å². The number of nitrogens with one attached hydrogen (secondary N) is 1. The van der Waals surface area contributed by atoms with Crippen molar-refractivity contribution in [1.29, 1.82) is 0 Å². The van der Waals surface area contributed by atoms with E-state index in [0.29, 0.717) is 4.64 Å². The highest BCUT2D eigenvalue weighted by molar-refractivity contribution is 9.10. The predicted octanol–water partition coefficient (Wildman–Crippen LogP) is 3.67. The summed E-state index contributed by atoms with van der Waals surface area (Å²) in [6, 6.07) is 4.11. The lowest BCUT2D eigenvalue weighted by molar-refractivity contribution is 1.08. The van der Waals surface area contributed by atoms with Crippen molar-refractivity contribution in [1.82, 2.24) is 9.97 Å². The number of fused-ring (bicyclic) bond motifs is 1. The zero-order valence-corrected chi connectivity index (χ0v) is 10.3. The predicted molar refractivity (Wildman–Crippen MR) is 64.1 cm³/mol. The average Bonchev–Trinajstić information content (AvgIpc) is 2.07. The number of aromatic amines is 1. The monoisotopic (exact) mass is 268 g/mol. The second kappa shape index (κ2) is 3.44. The molecule has 0 fully saturated rings. The first kappa shape index (κ1) is 9.80. The molecule has 2 aromatic rings. The van der Waals surface area contributed by atoms with Crippen molar-refractivity contribution >= 4 is 39.1 Å². The molecule has 0 aliphatic heterocycles. The van der Waals surface area contributed by atoms with Crippen molar-refractivity contribution in [2.24, 2.45) is 0 Å². The van der Waals surface area contributed by atoms with E-state index >= 15 is 0 Å². The topological polar surface area (TPSA) is 28.7 Å². The lowest BCUT2D eigenvalue weighted by atomic mass is 10.2. The molecule has 1 N–H and O–H groups in total. The Balaban J connectivity index is 3.02. The summed E-state index contributed by atoms with van der Waals surface area (Å²) in [5.74, 6) is 0.840. The van der Waals surface area contributed by atoms with Crippen molar-refractivity contribution in [2.75, 3.05) is 0 Å². The molecule has 1 aromatic carbocycles. The van der Waals surface area contributed by atoms with E-state index in [9.17, 15) is 0 Å². The molecule has 0 bridgehead atoms. The molecule has 1 heterocycles. The summed E-state index contributed by atoms with van der Waals surface area (Å²) in [5, 5.41) is 0.998. The summed E-state index contributed by atoms with van der Waals surface area (Å²) in [6.45, 7) is 3.94. The smallest absolute Gasteiger partial charge is 0.137 e. The molecule has 72 valence electrons. The van der Waals surface area contributed by atoms with Crippen LogP contribution in [0, 0.1) is 18.5 Å². The number of halogens is 1. The Morgan fingerprint density at radius 2 is 2.07 bits per heavy atom. The standard InChI is InChI=1S/C10H9BrN2S/c1-5-3-7-9(8(11)4-5)12-6(2)13-10(7)14/h3-4H,1-2H3,(H,12,13,14). The van der Waals surface area contributed by atoms with Crippen LogP contribution in [0.1, 0.15) is 11.4 Å². The Hall–Kier alpha value is -0.740. The quantitative estimate of drug-likeness (QED) is 0.739. The van der Waals surface area contributed by atoms with Gasteiger partial charge >= 0.3 is 0 Å². The molecule has 2 rings (SSSR count). The number of hydrogen-bond acceptors (Lipinski definition) is 2. The first-order valence-electron chi connectivity index (χ1n) is 4.25. The van der Waals surface area contributed by atoms with E-state index in [0.717, 1.165) is 21.2 Å². The van der Waals surface area contributed by atoms with Gasteiger partial charge in [-0.05, 0) is 47.5 Å². The first-order valence-corrected chi connectivity index (χ1v) is 5.45. The van der Waals surface area contributed by atoms with Crippen molar-refractivity contribution in [2.45, 2.75) is 13.8 Å². The molecule has 0 saturated heterocycles. The maximum Gasteiger partial charge on any atom is 0.137 e. The minimum absolute atomic E-state index is 0.653. The number of rotatable bonds is 0. The average molecular weight is 269 g/mol. The molecule has 0 atom stereocenters. The molecule has 0 radical (unpaired) electrons. The molecule has 0 unspecified atom stereocenters. The van der Waals surface area contributed by atoms with Gasteiger partial charge in [0.15, 0.2) is 0 Å². The maximum absolute atomic E-state index is 5.21. The van der Waals surface area contributed by atoms with Crippen LogP contribution in [0.4, 0.5) is 0 Å². The van der Waals surface area contributed by atoms with Crippen LogP contribution in [0.2, 0.25) is 0 Å². The van der Waals surface area contributed by atoms with E-state index in [4.69, 9.17) is 12.2 Å². The Morgan fingerprint density at radius 3 is 2.79 bits per heavy atom. The Kier molecular flexibility index (Phi) is 2.41. The van der Waals surface area contributed by atoms with Crippen LogP contribution in [-0.2, 0) is 0 Å². The summed E-state index contributed by atoms with van der Waals surface area (Å²) in [7, 11) is 0. The van der Waals surface area contributed by atoms with Crippen LogP contribution in [0.25, 0.3) is 10.9 Å². The van der Waals surface area contributed by atoms with Crippen molar-refractivity contribution in [3.05, 3.63) is 32.6 Å². The van der Waals surface area contributed by atoms with E-state index in [1.807, 2.05) is 19.9 Å². The van der Waals surface area contributed by atoms with Gasteiger partial charge in [0.05, 0.1) is 5.52 Å². The van der Waals surface area contributed by atoms with Gasteiger partial charge in [0.1, 0.15) is 10.5 Å². The summed E-state index contributed by atoms with van der Waals surface area (Å²) in [4.78, 5) is 7.42. The highest BCUT2D eigenvalue weighted by atomic mass is 79.9. The van der Waals surface area contributed by atoms with Crippen LogP contribution in [0.3, 0.4) is 0 Å². The third-order valence-electron chi connectivity index (χ3n) is 2.04. The van der Waals surface area contributed by atoms with Gasteiger partial charge in [-0.25, -0.2) is 4.98 Å². The number of benzene rings is 1. The third kappa shape index (κ3) is 1.60. The van der Waals surface area contributed by atoms with Crippen molar-refractivity contribution in [3.63, 3.8) is 0 Å². The van der Waals surface area contributed by atoms with Gasteiger partial charge in [-0.3, -0.25) is 0 Å². The minimum atomic E-state index is 0.653. The van der Waals surface area contributed by atoms with Gasteiger partial charge < -0.3 is 4.98 Å². The lowest BCUT2D eigenvalue weighted by Gasteiger charge is -2.04. The molecule has 4 heteroatoms. The highest BCUT2D eigenvalue weighted by Gasteiger charge is 2.03. The summed E-state index contributed by atoms with van der Waals surface area (Å²) < 4.78 is 1.68. The fourth-order valence-corrected chi connectivity index (χ4v) is 2.43. The summed E-state index contributed by atoms with van der Waals surface area (Å²) in [6.07, 6.45) is 0. The van der Waals surface area contributed by atoms with Gasteiger partial charge in [0, 0.05) is 9.86 Å². The van der Waals surface area contributed by atoms with Crippen LogP contribution in [0.5, 0.6) is 0 Å². The molecule has 0 aliphatic rings. The van der Waals surface area contributed by atoms with Crippen LogP contribution < -0.4 is 0 Å². The zero-order chi connectivity index (χ0) is 10.3. The van der Waals surface area contributed by atoms with Crippen LogP contribution in [0.15, 0.2) is 16.6 Å². The number of aromatic nitrogens is 2. The molecule has 0 aliphatic carbocycles. The summed E-state index contributed by atoms with van der Waals surface area (Å²) in [5.41, 5.74) is 2.20. The van der Waals surface area contributed by atoms with E-state index < -0.39 is 0 Å². The lowest BCUT2D eigenvalue weighted by Crippen LogP contribution is -1.91. The molecular weight excluding hydrogens is 260 g/mol. The molecular formula is C10H9BrN2S. The Morgan fingerprint density at radius 1 is 1.36 bits per heavy atom.